The third kappa shape index (κ3) is 3.82. The highest BCUT2D eigenvalue weighted by molar-refractivity contribution is 7.98. The van der Waals surface area contributed by atoms with Gasteiger partial charge in [-0.2, -0.15) is 0 Å². The smallest absolute Gasteiger partial charge is 0.230 e. The van der Waals surface area contributed by atoms with Crippen LogP contribution in [0.15, 0.2) is 89.8 Å². The minimum atomic E-state index is -0.00128. The van der Waals surface area contributed by atoms with Gasteiger partial charge in [0.05, 0.1) is 6.42 Å². The van der Waals surface area contributed by atoms with Gasteiger partial charge < -0.3 is 9.88 Å². The molecule has 28 heavy (non-hydrogen) atoms. The van der Waals surface area contributed by atoms with Crippen LogP contribution in [-0.2, 0) is 17.8 Å². The van der Waals surface area contributed by atoms with E-state index in [1.807, 2.05) is 36.4 Å². The van der Waals surface area contributed by atoms with Gasteiger partial charge in [-0.1, -0.05) is 66.7 Å². The van der Waals surface area contributed by atoms with Gasteiger partial charge in [-0.05, 0) is 30.0 Å². The molecule has 4 heteroatoms. The molecule has 0 saturated heterocycles. The molecular formula is C24H22N2OS. The monoisotopic (exact) mass is 386 g/mol. The molecule has 0 aliphatic heterocycles. The van der Waals surface area contributed by atoms with Crippen LogP contribution >= 0.6 is 11.8 Å². The Morgan fingerprint density at radius 3 is 2.25 bits per heavy atom. The highest BCUT2D eigenvalue weighted by atomic mass is 32.2. The summed E-state index contributed by atoms with van der Waals surface area (Å²) in [5.41, 5.74) is 4.27. The lowest BCUT2D eigenvalue weighted by molar-refractivity contribution is -0.115. The van der Waals surface area contributed by atoms with Gasteiger partial charge in [-0.15, -0.1) is 11.8 Å². The molecule has 140 valence electrons. The van der Waals surface area contributed by atoms with E-state index in [2.05, 4.69) is 64.7 Å². The van der Waals surface area contributed by atoms with E-state index in [1.165, 1.54) is 21.4 Å². The molecule has 0 radical (unpaired) electrons. The molecule has 1 N–H and O–H groups in total. The molecule has 0 aliphatic carbocycles. The molecule has 0 atom stereocenters. The molecule has 1 heterocycles. The van der Waals surface area contributed by atoms with Crippen LogP contribution in [0.5, 0.6) is 0 Å². The van der Waals surface area contributed by atoms with Gasteiger partial charge in [0.15, 0.2) is 0 Å². The molecule has 4 aromatic rings. The number of nitrogens with zero attached hydrogens (tertiary/aromatic N) is 1. The minimum Gasteiger partial charge on any atom is -0.338 e. The summed E-state index contributed by atoms with van der Waals surface area (Å²) in [6.45, 7) is 0.746. The van der Waals surface area contributed by atoms with Crippen molar-refractivity contribution in [2.75, 3.05) is 11.6 Å². The Bertz CT molecular complexity index is 1090. The molecule has 0 bridgehead atoms. The van der Waals surface area contributed by atoms with Crippen molar-refractivity contribution >= 4 is 34.3 Å². The second-order valence-corrected chi connectivity index (χ2v) is 7.48. The van der Waals surface area contributed by atoms with Gasteiger partial charge in [0, 0.05) is 33.7 Å². The maximum atomic E-state index is 12.8. The quantitative estimate of drug-likeness (QED) is 0.438. The van der Waals surface area contributed by atoms with Crippen molar-refractivity contribution in [1.29, 1.82) is 0 Å². The van der Waals surface area contributed by atoms with Crippen molar-refractivity contribution in [2.45, 2.75) is 17.9 Å². The standard InChI is InChI=1S/C24H22N2OS/c1-28-24-20-14-8-9-15-21(20)26(17-18-10-4-2-5-11-18)22(24)16-23(27)25-19-12-6-3-7-13-19/h2-15H,16-17H2,1H3,(H,25,27). The molecule has 0 fully saturated rings. The van der Waals surface area contributed by atoms with Crippen molar-refractivity contribution in [3.8, 4) is 0 Å². The van der Waals surface area contributed by atoms with Crippen molar-refractivity contribution < 1.29 is 4.79 Å². The number of hydrogen-bond donors (Lipinski definition) is 1. The first-order chi connectivity index (χ1) is 13.8. The summed E-state index contributed by atoms with van der Waals surface area (Å²) in [6.07, 6.45) is 2.42. The summed E-state index contributed by atoms with van der Waals surface area (Å²) in [5.74, 6) is -0.00128. The Morgan fingerprint density at radius 1 is 0.893 bits per heavy atom. The number of para-hydroxylation sites is 2. The average molecular weight is 387 g/mol. The Labute approximate surface area is 169 Å². The predicted molar refractivity (Wildman–Crippen MR) is 118 cm³/mol. The lowest BCUT2D eigenvalue weighted by atomic mass is 10.2. The first-order valence-electron chi connectivity index (χ1n) is 9.29. The fourth-order valence-electron chi connectivity index (χ4n) is 3.55. The van der Waals surface area contributed by atoms with Crippen LogP contribution in [-0.4, -0.2) is 16.7 Å². The fraction of sp³-hybridized carbons (Fsp3) is 0.125. The number of amides is 1. The van der Waals surface area contributed by atoms with E-state index in [0.29, 0.717) is 6.42 Å². The van der Waals surface area contributed by atoms with Gasteiger partial charge in [0.2, 0.25) is 5.91 Å². The SMILES string of the molecule is CSc1c(CC(=O)Nc2ccccc2)n(Cc2ccccc2)c2ccccc12. The Morgan fingerprint density at radius 2 is 1.54 bits per heavy atom. The van der Waals surface area contributed by atoms with Crippen molar-refractivity contribution in [3.05, 3.63) is 96.2 Å². The number of hydrogen-bond acceptors (Lipinski definition) is 2. The van der Waals surface area contributed by atoms with E-state index in [1.54, 1.807) is 11.8 Å². The average Bonchev–Trinajstić information content (AvgIpc) is 3.02. The van der Waals surface area contributed by atoms with Crippen LogP contribution < -0.4 is 5.32 Å². The van der Waals surface area contributed by atoms with Crippen molar-refractivity contribution in [2.24, 2.45) is 0 Å². The normalized spacial score (nSPS) is 10.9. The highest BCUT2D eigenvalue weighted by Crippen LogP contribution is 2.34. The van der Waals surface area contributed by atoms with Gasteiger partial charge in [0.25, 0.3) is 0 Å². The molecule has 0 aliphatic rings. The lowest BCUT2D eigenvalue weighted by Gasteiger charge is -2.12. The Balaban J connectivity index is 1.73. The number of anilines is 1. The van der Waals surface area contributed by atoms with Crippen LogP contribution in [0.25, 0.3) is 10.9 Å². The molecule has 1 aromatic heterocycles. The number of fused-ring (bicyclic) bond motifs is 1. The van der Waals surface area contributed by atoms with Crippen LogP contribution in [0, 0.1) is 0 Å². The van der Waals surface area contributed by atoms with Crippen molar-refractivity contribution in [1.82, 2.24) is 4.57 Å². The number of rotatable bonds is 6. The third-order valence-corrected chi connectivity index (χ3v) is 5.66. The fourth-order valence-corrected chi connectivity index (χ4v) is 4.36. The first-order valence-corrected chi connectivity index (χ1v) is 10.5. The largest absolute Gasteiger partial charge is 0.338 e. The summed E-state index contributed by atoms with van der Waals surface area (Å²) in [7, 11) is 0. The number of aromatic nitrogens is 1. The van der Waals surface area contributed by atoms with Crippen molar-refractivity contribution in [3.63, 3.8) is 0 Å². The Kier molecular flexibility index (Phi) is 5.49. The number of carbonyl (C=O) groups excluding carboxylic acids is 1. The van der Waals surface area contributed by atoms with Crippen LogP contribution in [0.1, 0.15) is 11.3 Å². The summed E-state index contributed by atoms with van der Waals surface area (Å²) >= 11 is 1.70. The molecule has 0 unspecified atom stereocenters. The molecule has 3 aromatic carbocycles. The van der Waals surface area contributed by atoms with E-state index in [0.717, 1.165) is 17.9 Å². The van der Waals surface area contributed by atoms with Gasteiger partial charge >= 0.3 is 0 Å². The lowest BCUT2D eigenvalue weighted by Crippen LogP contribution is -2.17. The molecule has 0 saturated carbocycles. The third-order valence-electron chi connectivity index (χ3n) is 4.80. The Hall–Kier alpha value is -2.98. The molecular weight excluding hydrogens is 364 g/mol. The highest BCUT2D eigenvalue weighted by Gasteiger charge is 2.19. The number of benzene rings is 3. The van der Waals surface area contributed by atoms with E-state index >= 15 is 0 Å². The summed E-state index contributed by atoms with van der Waals surface area (Å²) in [5, 5.41) is 4.22. The first kappa shape index (κ1) is 18.4. The number of carbonyl (C=O) groups is 1. The molecule has 1 amide bonds. The zero-order valence-electron chi connectivity index (χ0n) is 15.8. The van der Waals surface area contributed by atoms with Crippen LogP contribution in [0.4, 0.5) is 5.69 Å². The zero-order chi connectivity index (χ0) is 19.3. The summed E-state index contributed by atoms with van der Waals surface area (Å²) in [6, 6.07) is 28.4. The number of thioether (sulfide) groups is 1. The van der Waals surface area contributed by atoms with E-state index in [4.69, 9.17) is 0 Å². The number of nitrogens with one attached hydrogen (secondary N) is 1. The van der Waals surface area contributed by atoms with Crippen LogP contribution in [0.3, 0.4) is 0 Å². The van der Waals surface area contributed by atoms with Gasteiger partial charge in [-0.25, -0.2) is 0 Å². The maximum Gasteiger partial charge on any atom is 0.230 e. The zero-order valence-corrected chi connectivity index (χ0v) is 16.6. The van der Waals surface area contributed by atoms with E-state index in [-0.39, 0.29) is 5.91 Å². The topological polar surface area (TPSA) is 34.0 Å². The molecule has 3 nitrogen and oxygen atoms in total. The van der Waals surface area contributed by atoms with E-state index < -0.39 is 0 Å². The van der Waals surface area contributed by atoms with E-state index in [9.17, 15) is 4.79 Å². The van der Waals surface area contributed by atoms with Gasteiger partial charge in [0.1, 0.15) is 0 Å². The van der Waals surface area contributed by atoms with Crippen LogP contribution in [0.2, 0.25) is 0 Å². The predicted octanol–water partition coefficient (Wildman–Crippen LogP) is 5.59. The molecule has 0 spiro atoms. The second-order valence-electron chi connectivity index (χ2n) is 6.66. The molecule has 4 rings (SSSR count). The second kappa shape index (κ2) is 8.36. The summed E-state index contributed by atoms with van der Waals surface area (Å²) in [4.78, 5) is 14.0. The van der Waals surface area contributed by atoms with Gasteiger partial charge in [-0.3, -0.25) is 4.79 Å². The summed E-state index contributed by atoms with van der Waals surface area (Å²) < 4.78 is 2.28. The maximum absolute atomic E-state index is 12.8. The minimum absolute atomic E-state index is 0.00128.